The molecule has 0 N–H and O–H groups in total. The summed E-state index contributed by atoms with van der Waals surface area (Å²) in [7, 11) is 0. The van der Waals surface area contributed by atoms with Gasteiger partial charge in [0.1, 0.15) is 5.15 Å². The average Bonchev–Trinajstić information content (AvgIpc) is 2.28. The molecule has 1 aromatic heterocycles. The number of Topliss-reactive ketones (excluding diaryl/α,β-unsaturated/α-hetero) is 1. The molecule has 0 aliphatic carbocycles. The molecule has 4 heteroatoms. The second-order valence-corrected chi connectivity index (χ2v) is 4.08. The van der Waals surface area contributed by atoms with E-state index in [9.17, 15) is 4.79 Å². The summed E-state index contributed by atoms with van der Waals surface area (Å²) in [5.41, 5.74) is 1.88. The van der Waals surface area contributed by atoms with Gasteiger partial charge in [0, 0.05) is 5.56 Å². The Morgan fingerprint density at radius 1 is 1.18 bits per heavy atom. The van der Waals surface area contributed by atoms with Gasteiger partial charge in [-0.1, -0.05) is 41.9 Å². The van der Waals surface area contributed by atoms with Gasteiger partial charge in [-0.05, 0) is 13.8 Å². The van der Waals surface area contributed by atoms with Crippen LogP contribution in [0.1, 0.15) is 23.0 Å². The maximum absolute atomic E-state index is 11.4. The lowest BCUT2D eigenvalue weighted by Gasteiger charge is -2.06. The van der Waals surface area contributed by atoms with Crippen LogP contribution in [0.5, 0.6) is 0 Å². The van der Waals surface area contributed by atoms with Crippen molar-refractivity contribution in [1.82, 2.24) is 9.97 Å². The van der Waals surface area contributed by atoms with Crippen LogP contribution in [-0.2, 0) is 0 Å². The van der Waals surface area contributed by atoms with Crippen LogP contribution < -0.4 is 0 Å². The molecule has 0 spiro atoms. The van der Waals surface area contributed by atoms with Crippen LogP contribution in [0.25, 0.3) is 11.4 Å². The fourth-order valence-electron chi connectivity index (χ4n) is 1.65. The topological polar surface area (TPSA) is 42.9 Å². The lowest BCUT2D eigenvalue weighted by Crippen LogP contribution is -2.04. The Morgan fingerprint density at radius 3 is 2.35 bits per heavy atom. The van der Waals surface area contributed by atoms with E-state index in [-0.39, 0.29) is 10.9 Å². The predicted molar refractivity (Wildman–Crippen MR) is 67.2 cm³/mol. The Balaban J connectivity index is 2.57. The van der Waals surface area contributed by atoms with Crippen LogP contribution in [0.4, 0.5) is 0 Å². The Labute approximate surface area is 104 Å². The Bertz CT molecular complexity index is 544. The third kappa shape index (κ3) is 2.34. The van der Waals surface area contributed by atoms with Crippen molar-refractivity contribution in [2.24, 2.45) is 0 Å². The first kappa shape index (κ1) is 11.7. The molecule has 0 saturated heterocycles. The second kappa shape index (κ2) is 4.63. The van der Waals surface area contributed by atoms with Crippen molar-refractivity contribution in [3.05, 3.63) is 46.7 Å². The van der Waals surface area contributed by atoms with Gasteiger partial charge in [0.25, 0.3) is 0 Å². The van der Waals surface area contributed by atoms with E-state index in [1.807, 2.05) is 30.3 Å². The molecule has 1 aromatic carbocycles. The number of carbonyl (C=O) groups is 1. The van der Waals surface area contributed by atoms with Gasteiger partial charge >= 0.3 is 0 Å². The van der Waals surface area contributed by atoms with Gasteiger partial charge in [-0.25, -0.2) is 9.97 Å². The summed E-state index contributed by atoms with van der Waals surface area (Å²) in [5.74, 6) is 0.421. The number of hydrogen-bond acceptors (Lipinski definition) is 3. The molecule has 86 valence electrons. The number of ketones is 1. The minimum Gasteiger partial charge on any atom is -0.294 e. The number of halogens is 1. The van der Waals surface area contributed by atoms with Gasteiger partial charge in [-0.3, -0.25) is 4.79 Å². The summed E-state index contributed by atoms with van der Waals surface area (Å²) in [5, 5.41) is 0.212. The third-order valence-corrected chi connectivity index (χ3v) is 2.70. The van der Waals surface area contributed by atoms with Crippen molar-refractivity contribution in [2.75, 3.05) is 0 Å². The second-order valence-electron chi connectivity index (χ2n) is 3.72. The van der Waals surface area contributed by atoms with Crippen molar-refractivity contribution in [1.29, 1.82) is 0 Å². The maximum Gasteiger partial charge on any atom is 0.164 e. The smallest absolute Gasteiger partial charge is 0.164 e. The van der Waals surface area contributed by atoms with Crippen LogP contribution in [0, 0.1) is 6.92 Å². The molecule has 0 bridgehead atoms. The van der Waals surface area contributed by atoms with Crippen LogP contribution in [-0.4, -0.2) is 15.8 Å². The van der Waals surface area contributed by atoms with Crippen LogP contribution in [0.2, 0.25) is 5.15 Å². The summed E-state index contributed by atoms with van der Waals surface area (Å²) in [4.78, 5) is 19.8. The van der Waals surface area contributed by atoms with Gasteiger partial charge in [-0.2, -0.15) is 0 Å². The van der Waals surface area contributed by atoms with Crippen molar-refractivity contribution in [3.63, 3.8) is 0 Å². The Kier molecular flexibility index (Phi) is 3.20. The minimum absolute atomic E-state index is 0.118. The standard InChI is InChI=1S/C13H11ClN2O/c1-8-11(9(2)17)12(14)16-13(15-8)10-6-4-3-5-7-10/h3-7H,1-2H3. The highest BCUT2D eigenvalue weighted by molar-refractivity contribution is 6.32. The van der Waals surface area contributed by atoms with Crippen molar-refractivity contribution in [2.45, 2.75) is 13.8 Å². The monoisotopic (exact) mass is 246 g/mol. The lowest BCUT2D eigenvalue weighted by atomic mass is 10.1. The highest BCUT2D eigenvalue weighted by atomic mass is 35.5. The fourth-order valence-corrected chi connectivity index (χ4v) is 2.00. The highest BCUT2D eigenvalue weighted by Gasteiger charge is 2.14. The molecule has 0 unspecified atom stereocenters. The van der Waals surface area contributed by atoms with Crippen LogP contribution in [0.15, 0.2) is 30.3 Å². The zero-order chi connectivity index (χ0) is 12.4. The molecular weight excluding hydrogens is 236 g/mol. The third-order valence-electron chi connectivity index (χ3n) is 2.43. The first-order valence-corrected chi connectivity index (χ1v) is 5.58. The number of aryl methyl sites for hydroxylation is 1. The lowest BCUT2D eigenvalue weighted by molar-refractivity contribution is 0.101. The highest BCUT2D eigenvalue weighted by Crippen LogP contribution is 2.22. The Hall–Kier alpha value is -1.74. The van der Waals surface area contributed by atoms with E-state index < -0.39 is 0 Å². The molecule has 0 saturated carbocycles. The summed E-state index contributed by atoms with van der Waals surface area (Å²) in [6.45, 7) is 3.22. The van der Waals surface area contributed by atoms with Crippen LogP contribution in [0.3, 0.4) is 0 Å². The number of rotatable bonds is 2. The summed E-state index contributed by atoms with van der Waals surface area (Å²) < 4.78 is 0. The van der Waals surface area contributed by atoms with Crippen molar-refractivity contribution >= 4 is 17.4 Å². The maximum atomic E-state index is 11.4. The molecule has 2 rings (SSSR count). The SMILES string of the molecule is CC(=O)c1c(C)nc(-c2ccccc2)nc1Cl. The predicted octanol–water partition coefficient (Wildman–Crippen LogP) is 3.31. The average molecular weight is 247 g/mol. The molecule has 0 amide bonds. The molecule has 1 heterocycles. The molecule has 3 nitrogen and oxygen atoms in total. The number of benzene rings is 1. The fraction of sp³-hybridized carbons (Fsp3) is 0.154. The molecule has 0 radical (unpaired) electrons. The number of hydrogen-bond donors (Lipinski definition) is 0. The zero-order valence-electron chi connectivity index (χ0n) is 9.57. The molecule has 17 heavy (non-hydrogen) atoms. The van der Waals surface area contributed by atoms with Crippen molar-refractivity contribution in [3.8, 4) is 11.4 Å². The quantitative estimate of drug-likeness (QED) is 0.603. The largest absolute Gasteiger partial charge is 0.294 e. The normalized spacial score (nSPS) is 10.3. The Morgan fingerprint density at radius 2 is 1.82 bits per heavy atom. The van der Waals surface area contributed by atoms with E-state index in [0.29, 0.717) is 17.1 Å². The van der Waals surface area contributed by atoms with Gasteiger partial charge in [0.2, 0.25) is 0 Å². The van der Waals surface area contributed by atoms with E-state index in [2.05, 4.69) is 9.97 Å². The molecule has 2 aromatic rings. The molecule has 0 aliphatic heterocycles. The molecular formula is C13H11ClN2O. The van der Waals surface area contributed by atoms with E-state index in [1.54, 1.807) is 6.92 Å². The van der Waals surface area contributed by atoms with Crippen LogP contribution >= 0.6 is 11.6 Å². The van der Waals surface area contributed by atoms with E-state index >= 15 is 0 Å². The van der Waals surface area contributed by atoms with Gasteiger partial charge in [-0.15, -0.1) is 0 Å². The minimum atomic E-state index is -0.118. The molecule has 0 fully saturated rings. The first-order chi connectivity index (χ1) is 8.09. The number of nitrogens with zero attached hydrogens (tertiary/aromatic N) is 2. The van der Waals surface area contributed by atoms with E-state index in [0.717, 1.165) is 5.56 Å². The number of aromatic nitrogens is 2. The summed E-state index contributed by atoms with van der Waals surface area (Å²) in [6.07, 6.45) is 0. The number of carbonyl (C=O) groups excluding carboxylic acids is 1. The van der Waals surface area contributed by atoms with Gasteiger partial charge < -0.3 is 0 Å². The van der Waals surface area contributed by atoms with E-state index in [1.165, 1.54) is 6.92 Å². The van der Waals surface area contributed by atoms with Gasteiger partial charge in [0.05, 0.1) is 11.3 Å². The summed E-state index contributed by atoms with van der Waals surface area (Å²) in [6, 6.07) is 9.53. The molecule has 0 aliphatic rings. The molecule has 0 atom stereocenters. The van der Waals surface area contributed by atoms with Gasteiger partial charge in [0.15, 0.2) is 11.6 Å². The summed E-state index contributed by atoms with van der Waals surface area (Å²) >= 11 is 6.01. The van der Waals surface area contributed by atoms with Crippen molar-refractivity contribution < 1.29 is 4.79 Å². The first-order valence-electron chi connectivity index (χ1n) is 5.20. The zero-order valence-corrected chi connectivity index (χ0v) is 10.3. The van der Waals surface area contributed by atoms with E-state index in [4.69, 9.17) is 11.6 Å².